The molecule has 23 heteroatoms. The maximum atomic E-state index is 14.2. The monoisotopic (exact) mass is 953 g/mol. The summed E-state index contributed by atoms with van der Waals surface area (Å²) in [7, 11) is -9.58. The maximum absolute atomic E-state index is 14.2. The molecule has 8 bridgehead atoms. The van der Waals surface area contributed by atoms with Gasteiger partial charge in [0.15, 0.2) is 46.7 Å². The van der Waals surface area contributed by atoms with E-state index in [9.17, 15) is 21.4 Å². The van der Waals surface area contributed by atoms with Crippen molar-refractivity contribution in [1.29, 1.82) is 0 Å². The van der Waals surface area contributed by atoms with Crippen LogP contribution >= 0.6 is 11.6 Å². The second-order valence-corrected chi connectivity index (χ2v) is 17.4. The quantitative estimate of drug-likeness (QED) is 0.128. The van der Waals surface area contributed by atoms with Crippen LogP contribution in [0.15, 0.2) is 159 Å². The number of nitrogens with one attached hydrogen (secondary N) is 2. The molecule has 64 heavy (non-hydrogen) atoms. The molecule has 0 atom stereocenters. The van der Waals surface area contributed by atoms with Crippen LogP contribution in [0.5, 0.6) is 0 Å². The summed E-state index contributed by atoms with van der Waals surface area (Å²) in [6, 6.07) is 30.0. The topological polar surface area (TPSA) is 276 Å². The molecule has 6 aromatic rings. The summed E-state index contributed by atoms with van der Waals surface area (Å²) in [5.74, 6) is 1.99. The smallest absolute Gasteiger partial charge is 0.296 e. The summed E-state index contributed by atoms with van der Waals surface area (Å²) in [5, 5.41) is 2.53. The Bertz CT molecular complexity index is 3580. The van der Waals surface area contributed by atoms with Gasteiger partial charge in [0.2, 0.25) is 17.2 Å². The van der Waals surface area contributed by atoms with Gasteiger partial charge in [0.1, 0.15) is 4.90 Å². The Hall–Kier alpha value is -7.46. The number of amidine groups is 8. The molecule has 0 amide bonds. The van der Waals surface area contributed by atoms with E-state index in [1.807, 2.05) is 72.8 Å². The van der Waals surface area contributed by atoms with Crippen molar-refractivity contribution in [2.75, 3.05) is 15.8 Å². The number of hydrogen-bond donors (Lipinski definition) is 4. The minimum Gasteiger partial charge on any atom is -0.368 e. The molecular weight excluding hydrogens is 932 g/mol. The van der Waals surface area contributed by atoms with Crippen molar-refractivity contribution in [2.24, 2.45) is 39.9 Å². The molecule has 5 aliphatic rings. The van der Waals surface area contributed by atoms with Crippen molar-refractivity contribution in [3.8, 4) is 0 Å². The molecule has 5 aromatic carbocycles. The van der Waals surface area contributed by atoms with Crippen molar-refractivity contribution in [3.63, 3.8) is 0 Å². The van der Waals surface area contributed by atoms with Gasteiger partial charge in [-0.25, -0.2) is 48.4 Å². The van der Waals surface area contributed by atoms with Crippen LogP contribution in [0, 0.1) is 0 Å². The minimum atomic E-state index is -4.95. The summed E-state index contributed by atoms with van der Waals surface area (Å²) >= 11 is 5.90. The zero-order chi connectivity index (χ0) is 43.2. The van der Waals surface area contributed by atoms with Gasteiger partial charge in [-0.1, -0.05) is 72.8 Å². The first kappa shape index (κ1) is 40.6. The Labute approximate surface area is 377 Å². The second kappa shape index (κ2) is 15.1. The molecule has 0 fully saturated rings. The summed E-state index contributed by atoms with van der Waals surface area (Å²) in [4.78, 5) is 49.5. The molecule has 6 heterocycles. The number of aromatic nitrogens is 3. The maximum Gasteiger partial charge on any atom is 0.296 e. The van der Waals surface area contributed by atoms with Crippen molar-refractivity contribution in [3.05, 3.63) is 159 Å². The van der Waals surface area contributed by atoms with Gasteiger partial charge in [-0.05, 0) is 48.0 Å². The van der Waals surface area contributed by atoms with Crippen molar-refractivity contribution >= 4 is 102 Å². The van der Waals surface area contributed by atoms with Gasteiger partial charge in [-0.15, -0.1) is 0 Å². The van der Waals surface area contributed by atoms with E-state index in [2.05, 4.69) is 25.0 Å². The number of rotatable bonds is 6. The molecule has 19 nitrogen and oxygen atoms in total. The van der Waals surface area contributed by atoms with Gasteiger partial charge < -0.3 is 11.1 Å². The number of fused-ring (bicyclic) bond motifs is 16. The van der Waals surface area contributed by atoms with Crippen LogP contribution in [0.3, 0.4) is 0 Å². The van der Waals surface area contributed by atoms with Crippen LogP contribution in [0.2, 0.25) is 5.28 Å². The number of anilines is 4. The van der Waals surface area contributed by atoms with Crippen LogP contribution in [0.4, 0.5) is 23.3 Å². The summed E-state index contributed by atoms with van der Waals surface area (Å²) in [6.45, 7) is 0. The Morgan fingerprint density at radius 1 is 0.500 bits per heavy atom. The standard InChI is InChI=1S/C41H23ClN14O5S2.Cu/c42-39-53-40(43)55-41(54-39)44-19-13-16-30(63(59,60)61)29(17-19)56-62(57,58)20-14-15-27-28(18-20)38-51-36-26-12-6-5-11-25(26)34(49-36)47-32-22-8-2-1-7-21(22)31(45-32)46-33-23-9-3-4-10-24(23)35(48-33)50-37(27)52-38;/h1-18,56H,(H,59,60,61)(H3,43,44,53,54,55);. The van der Waals surface area contributed by atoms with Gasteiger partial charge in [0.05, 0.1) is 10.6 Å². The molecular formula is C41H23ClCuN14O5S2. The molecule has 317 valence electrons. The van der Waals surface area contributed by atoms with E-state index in [4.69, 9.17) is 57.3 Å². The number of sulfonamides is 1. The van der Waals surface area contributed by atoms with Crippen LogP contribution in [-0.4, -0.2) is 83.0 Å². The third kappa shape index (κ3) is 7.09. The van der Waals surface area contributed by atoms with Crippen molar-refractivity contribution in [1.82, 2.24) is 15.0 Å². The van der Waals surface area contributed by atoms with E-state index in [-0.39, 0.29) is 67.9 Å². The van der Waals surface area contributed by atoms with E-state index >= 15 is 0 Å². The van der Waals surface area contributed by atoms with Crippen LogP contribution < -0.4 is 15.8 Å². The molecule has 1 aromatic heterocycles. The second-order valence-electron chi connectivity index (χ2n) is 14.0. The fourth-order valence-corrected chi connectivity index (χ4v) is 9.28. The number of nitrogens with zero attached hydrogens (tertiary/aromatic N) is 11. The molecule has 0 saturated carbocycles. The first-order valence-electron chi connectivity index (χ1n) is 18.6. The summed E-state index contributed by atoms with van der Waals surface area (Å²) < 4.78 is 65.8. The SMILES string of the molecule is Nc1nc(Cl)nc(Nc2ccc(S(=O)(=O)O)c(NS(=O)(=O)c3ccc4c(c3)C3=NC4=NC4=NC(=NC5=NC(=NC6=NC(=N3)c3ccccc36)c3ccccc35)c3ccccc34)c2)n1.[Cu]. The number of halogens is 1. The molecule has 0 saturated heterocycles. The van der Waals surface area contributed by atoms with Crippen LogP contribution in [0.1, 0.15) is 44.5 Å². The fraction of sp³-hybridized carbons (Fsp3) is 0. The Morgan fingerprint density at radius 2 is 0.906 bits per heavy atom. The number of nitrogen functional groups attached to an aromatic ring is 1. The largest absolute Gasteiger partial charge is 0.368 e. The van der Waals surface area contributed by atoms with Crippen molar-refractivity contribution < 1.29 is 38.5 Å². The van der Waals surface area contributed by atoms with Gasteiger partial charge in [0, 0.05) is 67.3 Å². The Kier molecular flexibility index (Phi) is 9.59. The molecule has 5 N–H and O–H groups in total. The zero-order valence-electron chi connectivity index (χ0n) is 32.0. The average molecular weight is 955 g/mol. The molecule has 1 radical (unpaired) electrons. The van der Waals surface area contributed by atoms with E-state index < -0.39 is 30.7 Å². The van der Waals surface area contributed by atoms with E-state index in [1.54, 1.807) is 0 Å². The number of nitrogens with two attached hydrogens (primary N) is 1. The normalized spacial score (nSPS) is 15.3. The first-order valence-corrected chi connectivity index (χ1v) is 21.9. The summed E-state index contributed by atoms with van der Waals surface area (Å²) in [5.41, 5.74) is 10.2. The van der Waals surface area contributed by atoms with E-state index in [0.29, 0.717) is 57.0 Å². The number of aliphatic imine (C=N–C) groups is 8. The van der Waals surface area contributed by atoms with Gasteiger partial charge in [0.25, 0.3) is 20.1 Å². The molecule has 0 aliphatic carbocycles. The van der Waals surface area contributed by atoms with Crippen LogP contribution in [-0.2, 0) is 37.2 Å². The molecule has 0 spiro atoms. The van der Waals surface area contributed by atoms with Gasteiger partial charge in [-0.2, -0.15) is 23.4 Å². The predicted octanol–water partition coefficient (Wildman–Crippen LogP) is 5.04. The van der Waals surface area contributed by atoms with E-state index in [1.165, 1.54) is 24.3 Å². The predicted molar refractivity (Wildman–Crippen MR) is 238 cm³/mol. The summed E-state index contributed by atoms with van der Waals surface area (Å²) in [6.07, 6.45) is 0. The third-order valence-electron chi connectivity index (χ3n) is 10.1. The molecule has 5 aliphatic heterocycles. The third-order valence-corrected chi connectivity index (χ3v) is 12.5. The fourth-order valence-electron chi connectivity index (χ4n) is 7.32. The number of benzene rings is 5. The Morgan fingerprint density at radius 3 is 1.31 bits per heavy atom. The van der Waals surface area contributed by atoms with E-state index in [0.717, 1.165) is 23.3 Å². The van der Waals surface area contributed by atoms with Crippen molar-refractivity contribution in [2.45, 2.75) is 9.79 Å². The van der Waals surface area contributed by atoms with Gasteiger partial charge >= 0.3 is 0 Å². The first-order chi connectivity index (χ1) is 30.3. The zero-order valence-corrected chi connectivity index (χ0v) is 35.3. The number of hydrogen-bond acceptors (Lipinski definition) is 17. The van der Waals surface area contributed by atoms with Gasteiger partial charge in [-0.3, -0.25) is 9.27 Å². The average Bonchev–Trinajstić information content (AvgIpc) is 3.98. The minimum absolute atomic E-state index is 0. The van der Waals surface area contributed by atoms with Crippen LogP contribution in [0.25, 0.3) is 0 Å². The molecule has 11 rings (SSSR count). The Balaban J connectivity index is 0.00000484. The molecule has 0 unspecified atom stereocenters.